The van der Waals surface area contributed by atoms with Crippen molar-refractivity contribution < 1.29 is 4.42 Å². The van der Waals surface area contributed by atoms with Gasteiger partial charge in [-0.3, -0.25) is 4.79 Å². The van der Waals surface area contributed by atoms with E-state index in [1.54, 1.807) is 0 Å². The summed E-state index contributed by atoms with van der Waals surface area (Å²) in [6.45, 7) is 0. The minimum atomic E-state index is -0.541. The molecular weight excluding hydrogens is 278 g/mol. The van der Waals surface area contributed by atoms with Crippen molar-refractivity contribution in [2.24, 2.45) is 0 Å². The molecule has 0 saturated carbocycles. The fourth-order valence-corrected chi connectivity index (χ4v) is 2.03. The minimum absolute atomic E-state index is 0.156. The Morgan fingerprint density at radius 3 is 2.70 bits per heavy atom. The van der Waals surface area contributed by atoms with E-state index in [0.29, 0.717) is 5.56 Å². The van der Waals surface area contributed by atoms with E-state index in [2.05, 4.69) is 15.2 Å². The summed E-state index contributed by atoms with van der Waals surface area (Å²) >= 11 is 6.29. The third-order valence-electron chi connectivity index (χ3n) is 2.80. The Balaban J connectivity index is 1.95. The van der Waals surface area contributed by atoms with Crippen LogP contribution in [-0.4, -0.2) is 15.2 Å². The Bertz CT molecular complexity index is 767. The quantitative estimate of drug-likeness (QED) is 0.752. The lowest BCUT2D eigenvalue weighted by Crippen LogP contribution is -2.02. The molecule has 20 heavy (non-hydrogen) atoms. The second kappa shape index (κ2) is 5.30. The van der Waals surface area contributed by atoms with Crippen LogP contribution in [0.2, 0.25) is 0 Å². The largest absolute Gasteiger partial charge is 0.418 e. The molecule has 0 spiro atoms. The summed E-state index contributed by atoms with van der Waals surface area (Å²) in [6, 6.07) is 10.8. The zero-order valence-corrected chi connectivity index (χ0v) is 11.0. The highest BCUT2D eigenvalue weighted by Crippen LogP contribution is 2.28. The summed E-state index contributed by atoms with van der Waals surface area (Å²) in [5.74, 6) is 0.416. The van der Waals surface area contributed by atoms with Crippen LogP contribution in [0.5, 0.6) is 0 Å². The van der Waals surface area contributed by atoms with E-state index < -0.39 is 5.38 Å². The number of alkyl halides is 1. The molecule has 3 rings (SSSR count). The smallest absolute Gasteiger partial charge is 0.253 e. The number of H-pyrrole nitrogens is 1. The first-order chi connectivity index (χ1) is 9.75. The van der Waals surface area contributed by atoms with Crippen LogP contribution in [0, 0.1) is 0 Å². The van der Waals surface area contributed by atoms with Gasteiger partial charge in [-0.2, -0.15) is 0 Å². The molecular formula is C14H10ClN3O2. The number of benzene rings is 1. The number of pyridine rings is 1. The summed E-state index contributed by atoms with van der Waals surface area (Å²) < 4.78 is 5.49. The zero-order valence-electron chi connectivity index (χ0n) is 10.3. The van der Waals surface area contributed by atoms with Crippen LogP contribution in [0.4, 0.5) is 0 Å². The molecule has 1 aromatic carbocycles. The van der Waals surface area contributed by atoms with Crippen molar-refractivity contribution in [3.05, 3.63) is 70.5 Å². The highest BCUT2D eigenvalue weighted by atomic mass is 35.5. The lowest BCUT2D eigenvalue weighted by molar-refractivity contribution is 0.512. The van der Waals surface area contributed by atoms with E-state index in [9.17, 15) is 4.79 Å². The van der Waals surface area contributed by atoms with Gasteiger partial charge in [0.1, 0.15) is 10.9 Å². The van der Waals surface area contributed by atoms with Gasteiger partial charge in [0, 0.05) is 18.5 Å². The van der Waals surface area contributed by atoms with Crippen LogP contribution in [-0.2, 0) is 0 Å². The van der Waals surface area contributed by atoms with Crippen LogP contribution in [0.1, 0.15) is 16.8 Å². The van der Waals surface area contributed by atoms with E-state index in [1.807, 2.05) is 30.3 Å². The van der Waals surface area contributed by atoms with Gasteiger partial charge in [0.05, 0.1) is 0 Å². The predicted molar refractivity (Wildman–Crippen MR) is 74.5 cm³/mol. The summed E-state index contributed by atoms with van der Waals surface area (Å²) in [4.78, 5) is 14.5. The van der Waals surface area contributed by atoms with Gasteiger partial charge in [0.15, 0.2) is 5.43 Å². The molecule has 3 aromatic rings. The van der Waals surface area contributed by atoms with Gasteiger partial charge < -0.3 is 9.40 Å². The highest BCUT2D eigenvalue weighted by molar-refractivity contribution is 6.22. The van der Waals surface area contributed by atoms with E-state index in [-0.39, 0.29) is 17.2 Å². The fourth-order valence-electron chi connectivity index (χ4n) is 1.79. The number of nitrogens with zero attached hydrogens (tertiary/aromatic N) is 2. The second-order valence-corrected chi connectivity index (χ2v) is 4.58. The molecule has 6 heteroatoms. The van der Waals surface area contributed by atoms with Crippen LogP contribution >= 0.6 is 11.6 Å². The molecule has 0 fully saturated rings. The maximum atomic E-state index is 11.7. The SMILES string of the molecule is O=c1cc[nH]cc1-c1nnc(C(Cl)c2ccccc2)o1. The molecule has 0 amide bonds. The summed E-state index contributed by atoms with van der Waals surface area (Å²) in [6.07, 6.45) is 3.06. The molecule has 1 atom stereocenters. The van der Waals surface area contributed by atoms with Gasteiger partial charge in [-0.1, -0.05) is 30.3 Å². The molecule has 0 radical (unpaired) electrons. The number of aromatic nitrogens is 3. The number of hydrogen-bond donors (Lipinski definition) is 1. The van der Waals surface area contributed by atoms with Crippen molar-refractivity contribution in [1.29, 1.82) is 0 Å². The summed E-state index contributed by atoms with van der Waals surface area (Å²) in [5, 5.41) is 7.24. The van der Waals surface area contributed by atoms with Crippen LogP contribution < -0.4 is 5.43 Å². The van der Waals surface area contributed by atoms with Gasteiger partial charge in [0.25, 0.3) is 5.89 Å². The fraction of sp³-hybridized carbons (Fsp3) is 0.0714. The number of aromatic amines is 1. The normalized spacial score (nSPS) is 12.2. The van der Waals surface area contributed by atoms with Crippen molar-refractivity contribution in [2.75, 3.05) is 0 Å². The van der Waals surface area contributed by atoms with Crippen LogP contribution in [0.25, 0.3) is 11.5 Å². The Kier molecular flexibility index (Phi) is 3.35. The Morgan fingerprint density at radius 2 is 1.95 bits per heavy atom. The third kappa shape index (κ3) is 2.35. The standard InChI is InChI=1S/C14H10ClN3O2/c15-12(9-4-2-1-3-5-9)14-18-17-13(20-14)10-8-16-7-6-11(10)19/h1-8,12H,(H,16,19). The number of rotatable bonds is 3. The Hall–Kier alpha value is -2.40. The molecule has 0 saturated heterocycles. The molecule has 0 bridgehead atoms. The summed E-state index contributed by atoms with van der Waals surface area (Å²) in [7, 11) is 0. The maximum absolute atomic E-state index is 11.7. The number of halogens is 1. The Morgan fingerprint density at radius 1 is 1.15 bits per heavy atom. The van der Waals surface area contributed by atoms with Crippen molar-refractivity contribution >= 4 is 11.6 Å². The monoisotopic (exact) mass is 287 g/mol. The molecule has 1 N–H and O–H groups in total. The van der Waals surface area contributed by atoms with Gasteiger partial charge in [-0.15, -0.1) is 21.8 Å². The minimum Gasteiger partial charge on any atom is -0.418 e. The van der Waals surface area contributed by atoms with Crippen molar-refractivity contribution in [1.82, 2.24) is 15.2 Å². The van der Waals surface area contributed by atoms with Crippen molar-refractivity contribution in [2.45, 2.75) is 5.38 Å². The number of hydrogen-bond acceptors (Lipinski definition) is 4. The predicted octanol–water partition coefficient (Wildman–Crippen LogP) is 2.75. The van der Waals surface area contributed by atoms with E-state index >= 15 is 0 Å². The van der Waals surface area contributed by atoms with E-state index in [1.165, 1.54) is 18.5 Å². The van der Waals surface area contributed by atoms with E-state index in [4.69, 9.17) is 16.0 Å². The topological polar surface area (TPSA) is 71.8 Å². The van der Waals surface area contributed by atoms with Crippen LogP contribution in [0.15, 0.2) is 58.0 Å². The first-order valence-electron chi connectivity index (χ1n) is 5.95. The van der Waals surface area contributed by atoms with Gasteiger partial charge >= 0.3 is 0 Å². The molecule has 2 aromatic heterocycles. The molecule has 0 aliphatic rings. The maximum Gasteiger partial charge on any atom is 0.253 e. The summed E-state index contributed by atoms with van der Waals surface area (Å²) in [5.41, 5.74) is 0.985. The number of nitrogens with one attached hydrogen (secondary N) is 1. The van der Waals surface area contributed by atoms with Gasteiger partial charge in [0.2, 0.25) is 5.89 Å². The van der Waals surface area contributed by atoms with Gasteiger partial charge in [-0.25, -0.2) is 0 Å². The lowest BCUT2D eigenvalue weighted by atomic mass is 10.1. The van der Waals surface area contributed by atoms with Crippen molar-refractivity contribution in [3.8, 4) is 11.5 Å². The lowest BCUT2D eigenvalue weighted by Gasteiger charge is -2.03. The van der Waals surface area contributed by atoms with Gasteiger partial charge in [-0.05, 0) is 5.56 Å². The third-order valence-corrected chi connectivity index (χ3v) is 3.24. The molecule has 100 valence electrons. The molecule has 0 aliphatic heterocycles. The molecule has 5 nitrogen and oxygen atoms in total. The molecule has 2 heterocycles. The average Bonchev–Trinajstić information content (AvgIpc) is 2.97. The highest BCUT2D eigenvalue weighted by Gasteiger charge is 2.19. The average molecular weight is 288 g/mol. The van der Waals surface area contributed by atoms with Crippen molar-refractivity contribution in [3.63, 3.8) is 0 Å². The second-order valence-electron chi connectivity index (χ2n) is 4.14. The first kappa shape index (κ1) is 12.6. The zero-order chi connectivity index (χ0) is 13.9. The Labute approximate surface area is 119 Å². The first-order valence-corrected chi connectivity index (χ1v) is 6.39. The molecule has 1 unspecified atom stereocenters. The molecule has 0 aliphatic carbocycles. The van der Waals surface area contributed by atoms with E-state index in [0.717, 1.165) is 5.56 Å². The van der Waals surface area contributed by atoms with Crippen LogP contribution in [0.3, 0.4) is 0 Å².